The molecule has 3 heteroatoms. The number of amides is 1. The van der Waals surface area contributed by atoms with Crippen molar-refractivity contribution >= 4 is 5.91 Å². The lowest BCUT2D eigenvalue weighted by molar-refractivity contribution is -0.126. The minimum atomic E-state index is -0.0154. The van der Waals surface area contributed by atoms with E-state index in [2.05, 4.69) is 12.2 Å². The van der Waals surface area contributed by atoms with Crippen LogP contribution in [0.4, 0.5) is 0 Å². The minimum Gasteiger partial charge on any atom is -0.372 e. The second kappa shape index (κ2) is 4.34. The quantitative estimate of drug-likeness (QED) is 0.644. The summed E-state index contributed by atoms with van der Waals surface area (Å²) in [6, 6.07) is 0.413. The van der Waals surface area contributed by atoms with E-state index in [9.17, 15) is 4.79 Å². The van der Waals surface area contributed by atoms with Crippen LogP contribution in [-0.2, 0) is 9.53 Å². The van der Waals surface area contributed by atoms with E-state index in [0.717, 1.165) is 12.8 Å². The monoisotopic (exact) mass is 156 g/mol. The molecule has 0 saturated heterocycles. The molecule has 1 rings (SSSR count). The highest BCUT2D eigenvalue weighted by atomic mass is 16.5. The summed E-state index contributed by atoms with van der Waals surface area (Å²) in [5.74, 6) is -0.0154. The summed E-state index contributed by atoms with van der Waals surface area (Å²) in [6.45, 7) is 3.98. The van der Waals surface area contributed by atoms with Crippen LogP contribution in [0.15, 0.2) is 0 Å². The molecule has 1 aliphatic carbocycles. The molecule has 0 aromatic carbocycles. The van der Waals surface area contributed by atoms with Gasteiger partial charge in [0, 0.05) is 12.6 Å². The van der Waals surface area contributed by atoms with Gasteiger partial charge in [-0.3, -0.25) is 4.79 Å². The van der Waals surface area contributed by atoms with Gasteiger partial charge in [-0.1, -0.05) is 0 Å². The van der Waals surface area contributed by atoms with Crippen molar-refractivity contribution in [2.45, 2.75) is 25.3 Å². The Morgan fingerprint density at radius 3 is 2.82 bits per heavy atom. The SMILES string of the molecule is [CH2]COCC(=O)NC1CCC1. The molecule has 1 amide bonds. The van der Waals surface area contributed by atoms with Crippen LogP contribution in [0.3, 0.4) is 0 Å². The smallest absolute Gasteiger partial charge is 0.246 e. The van der Waals surface area contributed by atoms with E-state index in [4.69, 9.17) is 4.74 Å². The highest BCUT2D eigenvalue weighted by Crippen LogP contribution is 2.17. The van der Waals surface area contributed by atoms with Gasteiger partial charge in [0.1, 0.15) is 6.61 Å². The van der Waals surface area contributed by atoms with Gasteiger partial charge in [-0.15, -0.1) is 0 Å². The number of carbonyl (C=O) groups excluding carboxylic acids is 1. The van der Waals surface area contributed by atoms with Gasteiger partial charge in [0.25, 0.3) is 0 Å². The standard InChI is InChI=1S/C8H14NO2/c1-2-11-6-8(10)9-7-4-3-5-7/h7H,1-6H2,(H,9,10). The minimum absolute atomic E-state index is 0.0154. The van der Waals surface area contributed by atoms with Crippen molar-refractivity contribution in [1.82, 2.24) is 5.32 Å². The molecule has 0 aliphatic heterocycles. The highest BCUT2D eigenvalue weighted by Gasteiger charge is 2.18. The first kappa shape index (κ1) is 8.53. The van der Waals surface area contributed by atoms with Gasteiger partial charge in [0.2, 0.25) is 5.91 Å². The number of hydrogen-bond acceptors (Lipinski definition) is 2. The van der Waals surface area contributed by atoms with E-state index < -0.39 is 0 Å². The van der Waals surface area contributed by atoms with Crippen LogP contribution in [0.5, 0.6) is 0 Å². The molecule has 0 aromatic rings. The summed E-state index contributed by atoms with van der Waals surface area (Å²) < 4.78 is 4.84. The van der Waals surface area contributed by atoms with Gasteiger partial charge in [-0.05, 0) is 26.2 Å². The van der Waals surface area contributed by atoms with Crippen molar-refractivity contribution in [1.29, 1.82) is 0 Å². The first-order valence-corrected chi connectivity index (χ1v) is 3.99. The van der Waals surface area contributed by atoms with E-state index in [-0.39, 0.29) is 12.5 Å². The lowest BCUT2D eigenvalue weighted by Crippen LogP contribution is -2.41. The number of hydrogen-bond donors (Lipinski definition) is 1. The van der Waals surface area contributed by atoms with Crippen LogP contribution < -0.4 is 5.32 Å². The van der Waals surface area contributed by atoms with E-state index in [1.807, 2.05) is 0 Å². The summed E-state index contributed by atoms with van der Waals surface area (Å²) in [4.78, 5) is 10.9. The molecule has 0 spiro atoms. The lowest BCUT2D eigenvalue weighted by Gasteiger charge is -2.26. The Morgan fingerprint density at radius 1 is 1.64 bits per heavy atom. The van der Waals surface area contributed by atoms with Gasteiger partial charge in [0.05, 0.1) is 0 Å². The predicted molar refractivity (Wildman–Crippen MR) is 42.0 cm³/mol. The Morgan fingerprint density at radius 2 is 2.36 bits per heavy atom. The molecular weight excluding hydrogens is 142 g/mol. The topological polar surface area (TPSA) is 38.3 Å². The number of ether oxygens (including phenoxy) is 1. The summed E-state index contributed by atoms with van der Waals surface area (Å²) in [7, 11) is 0. The molecule has 1 saturated carbocycles. The van der Waals surface area contributed by atoms with Crippen LogP contribution in [0.2, 0.25) is 0 Å². The Kier molecular flexibility index (Phi) is 3.36. The molecule has 0 aromatic heterocycles. The zero-order valence-electron chi connectivity index (χ0n) is 6.64. The van der Waals surface area contributed by atoms with Crippen LogP contribution in [0.1, 0.15) is 19.3 Å². The summed E-state index contributed by atoms with van der Waals surface area (Å²) in [6.07, 6.45) is 3.48. The third-order valence-corrected chi connectivity index (χ3v) is 1.85. The van der Waals surface area contributed by atoms with Crippen LogP contribution >= 0.6 is 0 Å². The van der Waals surface area contributed by atoms with Crippen molar-refractivity contribution in [2.75, 3.05) is 13.2 Å². The normalized spacial score (nSPS) is 17.5. The van der Waals surface area contributed by atoms with Gasteiger partial charge in [-0.25, -0.2) is 0 Å². The molecule has 1 N–H and O–H groups in total. The third-order valence-electron chi connectivity index (χ3n) is 1.85. The van der Waals surface area contributed by atoms with Crippen molar-refractivity contribution in [3.8, 4) is 0 Å². The number of nitrogens with one attached hydrogen (secondary N) is 1. The maximum atomic E-state index is 10.9. The van der Waals surface area contributed by atoms with E-state index in [1.165, 1.54) is 6.42 Å². The molecular formula is C8H14NO2. The fraction of sp³-hybridized carbons (Fsp3) is 0.750. The molecule has 0 unspecified atom stereocenters. The third kappa shape index (κ3) is 2.89. The van der Waals surface area contributed by atoms with Crippen LogP contribution in [0, 0.1) is 6.92 Å². The molecule has 0 heterocycles. The average molecular weight is 156 g/mol. The van der Waals surface area contributed by atoms with E-state index in [1.54, 1.807) is 0 Å². The largest absolute Gasteiger partial charge is 0.372 e. The first-order chi connectivity index (χ1) is 5.33. The van der Waals surface area contributed by atoms with E-state index in [0.29, 0.717) is 12.6 Å². The summed E-state index contributed by atoms with van der Waals surface area (Å²) >= 11 is 0. The van der Waals surface area contributed by atoms with Gasteiger partial charge >= 0.3 is 0 Å². The summed E-state index contributed by atoms with van der Waals surface area (Å²) in [5, 5.41) is 2.86. The molecule has 3 nitrogen and oxygen atoms in total. The van der Waals surface area contributed by atoms with Gasteiger partial charge < -0.3 is 10.1 Å². The van der Waals surface area contributed by atoms with Crippen molar-refractivity contribution in [3.63, 3.8) is 0 Å². The fourth-order valence-corrected chi connectivity index (χ4v) is 0.987. The van der Waals surface area contributed by atoms with Crippen LogP contribution in [-0.4, -0.2) is 25.2 Å². The molecule has 1 aliphatic rings. The zero-order valence-corrected chi connectivity index (χ0v) is 6.64. The van der Waals surface area contributed by atoms with E-state index >= 15 is 0 Å². The lowest BCUT2D eigenvalue weighted by atomic mass is 9.93. The Balaban J connectivity index is 2.00. The average Bonchev–Trinajstić information content (AvgIpc) is 1.93. The molecule has 0 atom stereocenters. The first-order valence-electron chi connectivity index (χ1n) is 3.99. The van der Waals surface area contributed by atoms with Gasteiger partial charge in [-0.2, -0.15) is 0 Å². The van der Waals surface area contributed by atoms with Crippen molar-refractivity contribution in [2.24, 2.45) is 0 Å². The van der Waals surface area contributed by atoms with Crippen molar-refractivity contribution in [3.05, 3.63) is 6.92 Å². The predicted octanol–water partition coefficient (Wildman–Crippen LogP) is 0.506. The molecule has 1 radical (unpaired) electrons. The molecule has 63 valence electrons. The maximum absolute atomic E-state index is 10.9. The molecule has 0 bridgehead atoms. The van der Waals surface area contributed by atoms with Crippen LogP contribution in [0.25, 0.3) is 0 Å². The highest BCUT2D eigenvalue weighted by molar-refractivity contribution is 5.77. The molecule has 11 heavy (non-hydrogen) atoms. The Hall–Kier alpha value is -0.570. The number of rotatable bonds is 4. The Labute approximate surface area is 67.1 Å². The Bertz CT molecular complexity index is 132. The molecule has 1 fully saturated rings. The van der Waals surface area contributed by atoms with Gasteiger partial charge in [0.15, 0.2) is 0 Å². The fourth-order valence-electron chi connectivity index (χ4n) is 0.987. The second-order valence-corrected chi connectivity index (χ2v) is 2.75. The zero-order chi connectivity index (χ0) is 8.10. The maximum Gasteiger partial charge on any atom is 0.246 e. The second-order valence-electron chi connectivity index (χ2n) is 2.75. The number of carbonyl (C=O) groups is 1. The van der Waals surface area contributed by atoms with Crippen molar-refractivity contribution < 1.29 is 9.53 Å². The summed E-state index contributed by atoms with van der Waals surface area (Å²) in [5.41, 5.74) is 0.